The second-order valence-electron chi connectivity index (χ2n) is 2.06. The summed E-state index contributed by atoms with van der Waals surface area (Å²) in [6, 6.07) is 0. The van der Waals surface area contributed by atoms with Gasteiger partial charge < -0.3 is 19.3 Å². The number of carbonyl (C=O) groups is 2. The molecule has 0 unspecified atom stereocenters. The lowest BCUT2D eigenvalue weighted by Gasteiger charge is -2.13. The maximum atomic E-state index is 10.4. The highest BCUT2D eigenvalue weighted by Gasteiger charge is 2.15. The van der Waals surface area contributed by atoms with E-state index in [9.17, 15) is 9.59 Å². The van der Waals surface area contributed by atoms with Crippen LogP contribution in [0.4, 0.5) is 9.59 Å². The van der Waals surface area contributed by atoms with E-state index < -0.39 is 18.8 Å². The van der Waals surface area contributed by atoms with Crippen LogP contribution < -0.4 is 0 Å². The molecule has 0 aliphatic heterocycles. The van der Waals surface area contributed by atoms with Gasteiger partial charge in [0.25, 0.3) is 0 Å². The number of hydrogen-bond acceptors (Lipinski definition) is 8. The van der Waals surface area contributed by atoms with Gasteiger partial charge in [0.1, 0.15) is 0 Å². The first kappa shape index (κ1) is 14.6. The molecule has 0 atom stereocenters. The summed E-state index contributed by atoms with van der Waals surface area (Å²) in [6.07, 6.45) is -3.43. The molecule has 16 heavy (non-hydrogen) atoms. The average molecular weight is 240 g/mol. The van der Waals surface area contributed by atoms with Crippen molar-refractivity contribution in [2.45, 2.75) is 20.3 Å². The summed E-state index contributed by atoms with van der Waals surface area (Å²) in [6.45, 7) is 2.71. The second-order valence-corrected chi connectivity index (χ2v) is 2.06. The molecule has 0 aliphatic carbocycles. The molecule has 9 nitrogen and oxygen atoms in total. The van der Waals surface area contributed by atoms with Crippen LogP contribution >= 0.6 is 0 Å². The lowest BCUT2D eigenvalue weighted by molar-refractivity contribution is -0.556. The zero-order valence-electron chi connectivity index (χ0n) is 8.70. The summed E-state index contributed by atoms with van der Waals surface area (Å²) in [5.74, 6) is 0. The Morgan fingerprint density at radius 3 is 2.19 bits per heavy atom. The van der Waals surface area contributed by atoms with Crippen molar-refractivity contribution in [2.75, 3.05) is 13.2 Å². The SMILES string of the molecule is CCOC(OCC)OOOC(=O)OC(=O)O. The van der Waals surface area contributed by atoms with Crippen LogP contribution in [0.5, 0.6) is 0 Å². The van der Waals surface area contributed by atoms with E-state index in [-0.39, 0.29) is 13.2 Å². The molecule has 0 saturated carbocycles. The fourth-order valence-electron chi connectivity index (χ4n) is 0.544. The molecule has 0 aromatic heterocycles. The van der Waals surface area contributed by atoms with E-state index in [1.165, 1.54) is 0 Å². The van der Waals surface area contributed by atoms with Gasteiger partial charge in [0.15, 0.2) is 0 Å². The van der Waals surface area contributed by atoms with Crippen molar-refractivity contribution < 1.29 is 43.7 Å². The van der Waals surface area contributed by atoms with E-state index in [0.717, 1.165) is 0 Å². The van der Waals surface area contributed by atoms with Gasteiger partial charge in [-0.15, -0.1) is 4.89 Å². The molecule has 0 rings (SSSR count). The first-order valence-electron chi connectivity index (χ1n) is 4.28. The minimum atomic E-state index is -1.83. The fraction of sp³-hybridized carbons (Fsp3) is 0.714. The van der Waals surface area contributed by atoms with Crippen molar-refractivity contribution >= 4 is 12.3 Å². The van der Waals surface area contributed by atoms with Crippen molar-refractivity contribution in [1.82, 2.24) is 0 Å². The monoisotopic (exact) mass is 240 g/mol. The van der Waals surface area contributed by atoms with Crippen LogP contribution in [0.1, 0.15) is 13.8 Å². The molecule has 1 N–H and O–H groups in total. The number of carboxylic acid groups (broad SMARTS) is 1. The lowest BCUT2D eigenvalue weighted by atomic mass is 10.8. The van der Waals surface area contributed by atoms with Crippen LogP contribution in [-0.4, -0.2) is 37.1 Å². The minimum Gasteiger partial charge on any atom is -0.449 e. The van der Waals surface area contributed by atoms with E-state index in [1.54, 1.807) is 13.8 Å². The molecular formula is C7H12O9. The van der Waals surface area contributed by atoms with Gasteiger partial charge in [-0.05, 0) is 18.9 Å². The van der Waals surface area contributed by atoms with Crippen molar-refractivity contribution in [3.8, 4) is 0 Å². The third-order valence-corrected chi connectivity index (χ3v) is 0.996. The number of hydrogen-bond donors (Lipinski definition) is 1. The van der Waals surface area contributed by atoms with E-state index in [1.807, 2.05) is 0 Å². The molecule has 0 saturated heterocycles. The highest BCUT2D eigenvalue weighted by atomic mass is 17.5. The van der Waals surface area contributed by atoms with Gasteiger partial charge in [-0.25, -0.2) is 9.68 Å². The van der Waals surface area contributed by atoms with Crippen molar-refractivity contribution in [1.29, 1.82) is 0 Å². The molecule has 9 heteroatoms. The summed E-state index contributed by atoms with van der Waals surface area (Å²) < 4.78 is 13.2. The smallest absolute Gasteiger partial charge is 0.449 e. The summed E-state index contributed by atoms with van der Waals surface area (Å²) in [7, 11) is 0. The molecule has 0 amide bonds. The predicted octanol–water partition coefficient (Wildman–Crippen LogP) is 1.04. The Morgan fingerprint density at radius 1 is 1.19 bits per heavy atom. The molecule has 0 spiro atoms. The Hall–Kier alpha value is -1.42. The zero-order chi connectivity index (χ0) is 12.4. The van der Waals surface area contributed by atoms with Crippen LogP contribution in [0.3, 0.4) is 0 Å². The maximum Gasteiger partial charge on any atom is 0.553 e. The van der Waals surface area contributed by atoms with Crippen LogP contribution in [0.15, 0.2) is 0 Å². The highest BCUT2D eigenvalue weighted by molar-refractivity contribution is 5.75. The molecule has 0 aromatic rings. The van der Waals surface area contributed by atoms with Gasteiger partial charge in [-0.2, -0.15) is 4.79 Å². The third-order valence-electron chi connectivity index (χ3n) is 0.996. The minimum absolute atomic E-state index is 0.271. The molecule has 0 heterocycles. The molecule has 0 bridgehead atoms. The van der Waals surface area contributed by atoms with Crippen molar-refractivity contribution in [3.63, 3.8) is 0 Å². The molecule has 0 aliphatic rings. The standard InChI is InChI=1S/C7H12O9/c1-3-11-7(12-4-2)15-16-14-6(10)13-5(8)9/h7H,3-4H2,1-2H3,(H,8,9). The maximum absolute atomic E-state index is 10.4. The molecule has 0 radical (unpaired) electrons. The van der Waals surface area contributed by atoms with Crippen LogP contribution in [0, 0.1) is 0 Å². The summed E-state index contributed by atoms with van der Waals surface area (Å²) >= 11 is 0. The Kier molecular flexibility index (Phi) is 8.07. The Bertz CT molecular complexity index is 210. The van der Waals surface area contributed by atoms with Crippen LogP contribution in [0.25, 0.3) is 0 Å². The van der Waals surface area contributed by atoms with E-state index in [2.05, 4.69) is 19.6 Å². The fourth-order valence-corrected chi connectivity index (χ4v) is 0.544. The van der Waals surface area contributed by atoms with E-state index >= 15 is 0 Å². The van der Waals surface area contributed by atoms with Crippen LogP contribution in [-0.2, 0) is 29.0 Å². The lowest BCUT2D eigenvalue weighted by Crippen LogP contribution is -2.22. The molecule has 0 aromatic carbocycles. The summed E-state index contributed by atoms with van der Waals surface area (Å²) in [5.41, 5.74) is 0. The van der Waals surface area contributed by atoms with Crippen molar-refractivity contribution in [2.24, 2.45) is 0 Å². The van der Waals surface area contributed by atoms with Gasteiger partial charge >= 0.3 is 18.8 Å². The van der Waals surface area contributed by atoms with Gasteiger partial charge in [0.05, 0.1) is 0 Å². The van der Waals surface area contributed by atoms with E-state index in [4.69, 9.17) is 14.6 Å². The normalized spacial score (nSPS) is 10.2. The topological polar surface area (TPSA) is 110 Å². The Balaban J connectivity index is 3.67. The molecular weight excluding hydrogens is 228 g/mol. The molecule has 94 valence electrons. The Labute approximate surface area is 90.6 Å². The molecule has 0 fully saturated rings. The largest absolute Gasteiger partial charge is 0.553 e. The van der Waals surface area contributed by atoms with Gasteiger partial charge in [-0.1, -0.05) is 0 Å². The number of rotatable bonds is 7. The summed E-state index contributed by atoms with van der Waals surface area (Å²) in [4.78, 5) is 28.3. The zero-order valence-corrected chi connectivity index (χ0v) is 8.70. The first-order chi connectivity index (χ1) is 7.60. The predicted molar refractivity (Wildman–Crippen MR) is 44.8 cm³/mol. The number of ether oxygens (including phenoxy) is 3. The van der Waals surface area contributed by atoms with Gasteiger partial charge in [0, 0.05) is 13.2 Å². The highest BCUT2D eigenvalue weighted by Crippen LogP contribution is 1.99. The van der Waals surface area contributed by atoms with Crippen molar-refractivity contribution in [3.05, 3.63) is 0 Å². The third kappa shape index (κ3) is 7.94. The second kappa shape index (κ2) is 8.85. The first-order valence-corrected chi connectivity index (χ1v) is 4.28. The Morgan fingerprint density at radius 2 is 1.75 bits per heavy atom. The summed E-state index contributed by atoms with van der Waals surface area (Å²) in [5, 5.41) is 11.9. The van der Waals surface area contributed by atoms with E-state index in [0.29, 0.717) is 0 Å². The average Bonchev–Trinajstić information content (AvgIpc) is 2.17. The van der Waals surface area contributed by atoms with Gasteiger partial charge in [0.2, 0.25) is 0 Å². The van der Waals surface area contributed by atoms with Crippen LogP contribution in [0.2, 0.25) is 0 Å². The quantitative estimate of drug-likeness (QED) is 0.229. The van der Waals surface area contributed by atoms with Gasteiger partial charge in [-0.3, -0.25) is 0 Å². The number of carbonyl (C=O) groups excluding carboxylic acids is 1.